The summed E-state index contributed by atoms with van der Waals surface area (Å²) in [7, 11) is 1.66. The van der Waals surface area contributed by atoms with Gasteiger partial charge in [0.2, 0.25) is 0 Å². The number of ether oxygens (including phenoxy) is 4. The summed E-state index contributed by atoms with van der Waals surface area (Å²) in [6.45, 7) is 1.58. The summed E-state index contributed by atoms with van der Waals surface area (Å²) in [6, 6.07) is 11.3. The van der Waals surface area contributed by atoms with Crippen molar-refractivity contribution in [1.82, 2.24) is 9.55 Å². The molecule has 0 aliphatic carbocycles. The monoisotopic (exact) mass is 510 g/mol. The Bertz CT molecular complexity index is 1020. The van der Waals surface area contributed by atoms with Gasteiger partial charge in [-0.1, -0.05) is 46.9 Å². The number of halogens is 3. The highest BCUT2D eigenvalue weighted by Gasteiger charge is 2.41. The Morgan fingerprint density at radius 2 is 1.91 bits per heavy atom. The summed E-state index contributed by atoms with van der Waals surface area (Å²) in [4.78, 5) is 4.14. The number of rotatable bonds is 10. The molecule has 1 aliphatic rings. The number of imidazole rings is 1. The summed E-state index contributed by atoms with van der Waals surface area (Å²) in [5.74, 6) is 0.0582. The van der Waals surface area contributed by atoms with E-state index in [9.17, 15) is 0 Å². The Morgan fingerprint density at radius 3 is 2.58 bits per heavy atom. The maximum absolute atomic E-state index is 6.40. The van der Waals surface area contributed by atoms with E-state index < -0.39 is 5.79 Å². The lowest BCUT2D eigenvalue weighted by atomic mass is 10.0. The van der Waals surface area contributed by atoms with E-state index in [1.54, 1.807) is 31.8 Å². The molecule has 4 rings (SSSR count). The van der Waals surface area contributed by atoms with Gasteiger partial charge in [0.05, 0.1) is 39.8 Å². The van der Waals surface area contributed by atoms with Gasteiger partial charge >= 0.3 is 0 Å². The molecule has 2 atom stereocenters. The number of benzene rings is 2. The smallest absolute Gasteiger partial charge is 0.187 e. The summed E-state index contributed by atoms with van der Waals surface area (Å²) < 4.78 is 25.7. The molecule has 1 aromatic heterocycles. The van der Waals surface area contributed by atoms with Crippen LogP contribution in [0.3, 0.4) is 0 Å². The number of hydrogen-bond donors (Lipinski definition) is 0. The predicted molar refractivity (Wildman–Crippen MR) is 128 cm³/mol. The minimum absolute atomic E-state index is 0.214. The molecule has 1 aliphatic heterocycles. The fourth-order valence-corrected chi connectivity index (χ4v) is 4.71. The van der Waals surface area contributed by atoms with E-state index in [0.29, 0.717) is 46.8 Å². The summed E-state index contributed by atoms with van der Waals surface area (Å²) in [5.41, 5.74) is 1.88. The molecule has 6 nitrogen and oxygen atoms in total. The normalized spacial score (nSPS) is 20.3. The van der Waals surface area contributed by atoms with Crippen molar-refractivity contribution in [3.05, 3.63) is 81.3 Å². The van der Waals surface area contributed by atoms with Crippen LogP contribution in [-0.2, 0) is 33.8 Å². The maximum atomic E-state index is 6.40. The SMILES string of the molecule is COc1ccc(CCC2(Cn3ccnc3)OCC(COCc3c(Cl)cc(Cl)cc3Cl)O2)cc1. The summed E-state index contributed by atoms with van der Waals surface area (Å²) in [6.07, 6.45) is 6.67. The highest BCUT2D eigenvalue weighted by atomic mass is 35.5. The second-order valence-electron chi connectivity index (χ2n) is 7.91. The molecule has 3 aromatic rings. The largest absolute Gasteiger partial charge is 0.497 e. The lowest BCUT2D eigenvalue weighted by molar-refractivity contribution is -0.187. The minimum Gasteiger partial charge on any atom is -0.497 e. The molecule has 9 heteroatoms. The van der Waals surface area contributed by atoms with E-state index in [-0.39, 0.29) is 12.7 Å². The van der Waals surface area contributed by atoms with E-state index in [2.05, 4.69) is 17.1 Å². The molecule has 0 bridgehead atoms. The average molecular weight is 512 g/mol. The highest BCUT2D eigenvalue weighted by molar-refractivity contribution is 6.39. The molecule has 176 valence electrons. The van der Waals surface area contributed by atoms with Gasteiger partial charge in [-0.3, -0.25) is 0 Å². The van der Waals surface area contributed by atoms with Crippen molar-refractivity contribution in [3.63, 3.8) is 0 Å². The van der Waals surface area contributed by atoms with Crippen LogP contribution in [0.15, 0.2) is 55.1 Å². The van der Waals surface area contributed by atoms with Crippen LogP contribution in [0.25, 0.3) is 0 Å². The van der Waals surface area contributed by atoms with Crippen LogP contribution in [-0.4, -0.2) is 41.8 Å². The van der Waals surface area contributed by atoms with E-state index in [1.165, 1.54) is 5.56 Å². The molecule has 2 unspecified atom stereocenters. The van der Waals surface area contributed by atoms with Crippen LogP contribution in [0.1, 0.15) is 17.5 Å². The van der Waals surface area contributed by atoms with Gasteiger partial charge in [0.15, 0.2) is 5.79 Å². The standard InChI is InChI=1S/C24H25Cl3N2O4/c1-30-19-4-2-17(3-5-19)6-7-24(15-29-9-8-28-16-29)32-13-20(33-24)12-31-14-21-22(26)10-18(25)11-23(21)27/h2-5,8-11,16,20H,6-7,12-15H2,1H3. The lowest BCUT2D eigenvalue weighted by Crippen LogP contribution is -2.37. The Labute approximate surface area is 208 Å². The molecule has 0 saturated carbocycles. The molecular formula is C24H25Cl3N2O4. The van der Waals surface area contributed by atoms with Gasteiger partial charge in [-0.15, -0.1) is 0 Å². The van der Waals surface area contributed by atoms with E-state index in [0.717, 1.165) is 12.2 Å². The molecule has 1 saturated heterocycles. The molecular weight excluding hydrogens is 487 g/mol. The molecule has 0 amide bonds. The highest BCUT2D eigenvalue weighted by Crippen LogP contribution is 2.33. The number of nitrogens with zero attached hydrogens (tertiary/aromatic N) is 2. The Morgan fingerprint density at radius 1 is 1.15 bits per heavy atom. The third kappa shape index (κ3) is 6.41. The molecule has 2 heterocycles. The lowest BCUT2D eigenvalue weighted by Gasteiger charge is -2.28. The first-order valence-electron chi connectivity index (χ1n) is 10.6. The fraction of sp³-hybridized carbons (Fsp3) is 0.375. The van der Waals surface area contributed by atoms with Gasteiger partial charge in [-0.25, -0.2) is 4.98 Å². The predicted octanol–water partition coefficient (Wildman–Crippen LogP) is 5.81. The number of methoxy groups -OCH3 is 1. The number of aromatic nitrogens is 2. The van der Waals surface area contributed by atoms with Gasteiger partial charge in [-0.05, 0) is 36.2 Å². The van der Waals surface area contributed by atoms with Crippen molar-refractivity contribution < 1.29 is 18.9 Å². The van der Waals surface area contributed by atoms with Crippen LogP contribution in [0.4, 0.5) is 0 Å². The van der Waals surface area contributed by atoms with Crippen LogP contribution in [0.2, 0.25) is 15.1 Å². The molecule has 0 N–H and O–H groups in total. The molecule has 2 aromatic carbocycles. The Hall–Kier alpha value is -1.80. The van der Waals surface area contributed by atoms with Gasteiger partial charge < -0.3 is 23.5 Å². The summed E-state index contributed by atoms with van der Waals surface area (Å²) >= 11 is 18.5. The maximum Gasteiger partial charge on any atom is 0.187 e. The van der Waals surface area contributed by atoms with Crippen molar-refractivity contribution in [2.45, 2.75) is 37.9 Å². The first-order chi connectivity index (χ1) is 16.0. The topological polar surface area (TPSA) is 54.7 Å². The van der Waals surface area contributed by atoms with Gasteiger partial charge in [0.1, 0.15) is 11.9 Å². The van der Waals surface area contributed by atoms with Crippen LogP contribution < -0.4 is 4.74 Å². The third-order valence-corrected chi connectivity index (χ3v) is 6.40. The zero-order valence-electron chi connectivity index (χ0n) is 18.2. The molecule has 0 spiro atoms. The van der Waals surface area contributed by atoms with Gasteiger partial charge in [0, 0.05) is 39.4 Å². The van der Waals surface area contributed by atoms with E-state index in [4.69, 9.17) is 53.8 Å². The van der Waals surface area contributed by atoms with Gasteiger partial charge in [-0.2, -0.15) is 0 Å². The zero-order valence-corrected chi connectivity index (χ0v) is 20.4. The number of hydrogen-bond acceptors (Lipinski definition) is 5. The molecule has 0 radical (unpaired) electrons. The summed E-state index contributed by atoms with van der Waals surface area (Å²) in [5, 5.41) is 1.44. The average Bonchev–Trinajstić information content (AvgIpc) is 3.45. The van der Waals surface area contributed by atoms with Crippen molar-refractivity contribution in [1.29, 1.82) is 0 Å². The Balaban J connectivity index is 1.37. The fourth-order valence-electron chi connectivity index (χ4n) is 3.78. The molecule has 33 heavy (non-hydrogen) atoms. The van der Waals surface area contributed by atoms with Crippen LogP contribution in [0, 0.1) is 0 Å². The first kappa shape index (κ1) is 24.3. The van der Waals surface area contributed by atoms with Crippen molar-refractivity contribution in [3.8, 4) is 5.75 Å². The quantitative estimate of drug-likeness (QED) is 0.344. The second kappa shape index (κ2) is 11.1. The third-order valence-electron chi connectivity index (χ3n) is 5.51. The van der Waals surface area contributed by atoms with Crippen molar-refractivity contribution in [2.24, 2.45) is 0 Å². The van der Waals surface area contributed by atoms with Crippen molar-refractivity contribution >= 4 is 34.8 Å². The van der Waals surface area contributed by atoms with Crippen LogP contribution >= 0.6 is 34.8 Å². The van der Waals surface area contributed by atoms with E-state index >= 15 is 0 Å². The van der Waals surface area contributed by atoms with Crippen LogP contribution in [0.5, 0.6) is 5.75 Å². The van der Waals surface area contributed by atoms with E-state index in [1.807, 2.05) is 22.9 Å². The minimum atomic E-state index is -0.774. The van der Waals surface area contributed by atoms with Gasteiger partial charge in [0.25, 0.3) is 0 Å². The number of aryl methyl sites for hydroxylation is 1. The van der Waals surface area contributed by atoms with Crippen molar-refractivity contribution in [2.75, 3.05) is 20.3 Å². The second-order valence-corrected chi connectivity index (χ2v) is 9.16. The zero-order chi connectivity index (χ0) is 23.3. The molecule has 1 fully saturated rings. The Kier molecular flexibility index (Phi) is 8.17. The first-order valence-corrected chi connectivity index (χ1v) is 11.7.